The molecule has 0 aromatic heterocycles. The Morgan fingerprint density at radius 1 is 1.19 bits per heavy atom. The minimum atomic E-state index is -0.133. The molecule has 2 N–H and O–H groups in total. The van der Waals surface area contributed by atoms with Crippen molar-refractivity contribution >= 4 is 23.2 Å². The Morgan fingerprint density at radius 3 is 2.52 bits per heavy atom. The smallest absolute Gasteiger partial charge is 0.256 e. The normalized spacial score (nSPS) is 12.0. The molecular formula is C17H19ClN2O. The summed E-state index contributed by atoms with van der Waals surface area (Å²) in [5.41, 5.74) is 8.89. The molecule has 0 aliphatic heterocycles. The van der Waals surface area contributed by atoms with Crippen molar-refractivity contribution in [2.45, 2.75) is 19.9 Å². The van der Waals surface area contributed by atoms with E-state index in [1.807, 2.05) is 50.2 Å². The fourth-order valence-corrected chi connectivity index (χ4v) is 2.55. The molecule has 0 heterocycles. The Balaban J connectivity index is 2.31. The van der Waals surface area contributed by atoms with Gasteiger partial charge in [-0.25, -0.2) is 0 Å². The van der Waals surface area contributed by atoms with Crippen molar-refractivity contribution in [2.24, 2.45) is 0 Å². The number of anilines is 1. The molecule has 2 aromatic rings. The molecule has 0 radical (unpaired) electrons. The number of carbonyl (C=O) groups excluding carboxylic acids is 1. The van der Waals surface area contributed by atoms with Crippen molar-refractivity contribution in [1.82, 2.24) is 4.90 Å². The number of nitrogen functional groups attached to an aromatic ring is 1. The largest absolute Gasteiger partial charge is 0.398 e. The van der Waals surface area contributed by atoms with E-state index in [-0.39, 0.29) is 11.9 Å². The number of halogens is 1. The zero-order valence-corrected chi connectivity index (χ0v) is 13.2. The lowest BCUT2D eigenvalue weighted by Gasteiger charge is -2.26. The monoisotopic (exact) mass is 302 g/mol. The molecule has 1 amide bonds. The van der Waals surface area contributed by atoms with Gasteiger partial charge >= 0.3 is 0 Å². The van der Waals surface area contributed by atoms with Crippen molar-refractivity contribution in [2.75, 3.05) is 12.8 Å². The number of nitrogens with zero attached hydrogens (tertiary/aromatic N) is 1. The van der Waals surface area contributed by atoms with Crippen LogP contribution in [0, 0.1) is 6.92 Å². The Kier molecular flexibility index (Phi) is 4.53. The lowest BCUT2D eigenvalue weighted by molar-refractivity contribution is 0.0743. The lowest BCUT2D eigenvalue weighted by Crippen LogP contribution is -2.30. The lowest BCUT2D eigenvalue weighted by atomic mass is 10.0. The number of nitrogens with two attached hydrogens (primary N) is 1. The maximum atomic E-state index is 12.6. The molecule has 2 aromatic carbocycles. The molecule has 0 spiro atoms. The van der Waals surface area contributed by atoms with Crippen LogP contribution in [-0.2, 0) is 0 Å². The van der Waals surface area contributed by atoms with Gasteiger partial charge in [-0.2, -0.15) is 0 Å². The first-order chi connectivity index (χ1) is 9.93. The highest BCUT2D eigenvalue weighted by molar-refractivity contribution is 6.31. The van der Waals surface area contributed by atoms with Crippen molar-refractivity contribution in [3.8, 4) is 0 Å². The molecule has 1 unspecified atom stereocenters. The van der Waals surface area contributed by atoms with Crippen LogP contribution in [0.4, 0.5) is 5.69 Å². The highest BCUT2D eigenvalue weighted by Crippen LogP contribution is 2.28. The van der Waals surface area contributed by atoms with E-state index in [0.717, 1.165) is 11.1 Å². The van der Waals surface area contributed by atoms with E-state index in [0.29, 0.717) is 16.3 Å². The summed E-state index contributed by atoms with van der Waals surface area (Å²) in [7, 11) is 1.76. The molecule has 110 valence electrons. The molecule has 0 aliphatic carbocycles. The minimum Gasteiger partial charge on any atom is -0.398 e. The molecule has 0 aliphatic rings. The zero-order valence-electron chi connectivity index (χ0n) is 12.4. The third kappa shape index (κ3) is 3.03. The second-order valence-electron chi connectivity index (χ2n) is 5.15. The first kappa shape index (κ1) is 15.4. The zero-order chi connectivity index (χ0) is 15.6. The summed E-state index contributed by atoms with van der Waals surface area (Å²) in [6.07, 6.45) is 0. The average molecular weight is 303 g/mol. The summed E-state index contributed by atoms with van der Waals surface area (Å²) in [6, 6.07) is 12.9. The van der Waals surface area contributed by atoms with Gasteiger partial charge in [0.1, 0.15) is 0 Å². The van der Waals surface area contributed by atoms with Crippen molar-refractivity contribution in [3.63, 3.8) is 0 Å². The standard InChI is InChI=1S/C17H19ClN2O/c1-11-7-6-9-14(16(11)19)17(21)20(3)12(2)13-8-4-5-10-15(13)18/h4-10,12H,19H2,1-3H3. The summed E-state index contributed by atoms with van der Waals surface area (Å²) in [5, 5.41) is 0.655. The van der Waals surface area contributed by atoms with E-state index in [1.165, 1.54) is 0 Å². The predicted molar refractivity (Wildman–Crippen MR) is 87.6 cm³/mol. The van der Waals surface area contributed by atoms with E-state index in [2.05, 4.69) is 0 Å². The summed E-state index contributed by atoms with van der Waals surface area (Å²) >= 11 is 6.21. The Morgan fingerprint density at radius 2 is 1.86 bits per heavy atom. The third-order valence-corrected chi connectivity index (χ3v) is 4.16. The summed E-state index contributed by atoms with van der Waals surface area (Å²) in [5.74, 6) is -0.108. The summed E-state index contributed by atoms with van der Waals surface area (Å²) in [4.78, 5) is 14.3. The molecule has 0 bridgehead atoms. The van der Waals surface area contributed by atoms with Gasteiger partial charge in [-0.3, -0.25) is 4.79 Å². The number of hydrogen-bond acceptors (Lipinski definition) is 2. The number of carbonyl (C=O) groups is 1. The van der Waals surface area contributed by atoms with Gasteiger partial charge in [0.2, 0.25) is 0 Å². The number of amides is 1. The molecule has 0 saturated heterocycles. The molecule has 21 heavy (non-hydrogen) atoms. The van der Waals surface area contributed by atoms with Gasteiger partial charge in [-0.15, -0.1) is 0 Å². The number of rotatable bonds is 3. The summed E-state index contributed by atoms with van der Waals surface area (Å²) < 4.78 is 0. The van der Waals surface area contributed by atoms with Crippen LogP contribution < -0.4 is 5.73 Å². The Bertz CT molecular complexity index is 670. The quantitative estimate of drug-likeness (QED) is 0.869. The van der Waals surface area contributed by atoms with Crippen LogP contribution in [0.25, 0.3) is 0 Å². The van der Waals surface area contributed by atoms with Crippen LogP contribution in [0.3, 0.4) is 0 Å². The Hall–Kier alpha value is -2.00. The fourth-order valence-electron chi connectivity index (χ4n) is 2.26. The van der Waals surface area contributed by atoms with Gasteiger partial charge in [0, 0.05) is 17.8 Å². The second kappa shape index (κ2) is 6.19. The molecule has 4 heteroatoms. The number of hydrogen-bond donors (Lipinski definition) is 1. The van der Waals surface area contributed by atoms with E-state index >= 15 is 0 Å². The van der Waals surface area contributed by atoms with Gasteiger partial charge < -0.3 is 10.6 Å². The predicted octanol–water partition coefficient (Wildman–Crippen LogP) is 4.06. The van der Waals surface area contributed by atoms with Crippen LogP contribution >= 0.6 is 11.6 Å². The topological polar surface area (TPSA) is 46.3 Å². The van der Waals surface area contributed by atoms with Crippen LogP contribution in [0.5, 0.6) is 0 Å². The molecule has 0 saturated carbocycles. The second-order valence-corrected chi connectivity index (χ2v) is 5.56. The Labute approximate surface area is 130 Å². The molecule has 3 nitrogen and oxygen atoms in total. The van der Waals surface area contributed by atoms with E-state index in [9.17, 15) is 4.79 Å². The first-order valence-electron chi connectivity index (χ1n) is 6.80. The number of benzene rings is 2. The highest BCUT2D eigenvalue weighted by atomic mass is 35.5. The average Bonchev–Trinajstić information content (AvgIpc) is 2.48. The van der Waals surface area contributed by atoms with Crippen molar-refractivity contribution < 1.29 is 4.79 Å². The van der Waals surface area contributed by atoms with Crippen LogP contribution in [0.15, 0.2) is 42.5 Å². The third-order valence-electron chi connectivity index (χ3n) is 3.81. The number of aryl methyl sites for hydroxylation is 1. The van der Waals surface area contributed by atoms with Crippen molar-refractivity contribution in [1.29, 1.82) is 0 Å². The van der Waals surface area contributed by atoms with Crippen molar-refractivity contribution in [3.05, 3.63) is 64.2 Å². The van der Waals surface area contributed by atoms with Gasteiger partial charge in [-0.1, -0.05) is 41.9 Å². The highest BCUT2D eigenvalue weighted by Gasteiger charge is 2.22. The first-order valence-corrected chi connectivity index (χ1v) is 7.18. The molecule has 2 rings (SSSR count). The minimum absolute atomic E-state index is 0.108. The fraction of sp³-hybridized carbons (Fsp3) is 0.235. The maximum Gasteiger partial charge on any atom is 0.256 e. The van der Waals surface area contributed by atoms with Gasteiger partial charge in [0.05, 0.1) is 11.6 Å². The molecule has 1 atom stereocenters. The van der Waals surface area contributed by atoms with E-state index in [4.69, 9.17) is 17.3 Å². The SMILES string of the molecule is Cc1cccc(C(=O)N(C)C(C)c2ccccc2Cl)c1N. The van der Waals surface area contributed by atoms with Gasteiger partial charge in [0.15, 0.2) is 0 Å². The van der Waals surface area contributed by atoms with Crippen LogP contribution in [0.1, 0.15) is 34.5 Å². The molecular weight excluding hydrogens is 284 g/mol. The van der Waals surface area contributed by atoms with Gasteiger partial charge in [-0.05, 0) is 37.1 Å². The molecule has 0 fully saturated rings. The van der Waals surface area contributed by atoms with Gasteiger partial charge in [0.25, 0.3) is 5.91 Å². The van der Waals surface area contributed by atoms with Crippen LogP contribution in [-0.4, -0.2) is 17.9 Å². The van der Waals surface area contributed by atoms with Crippen LogP contribution in [0.2, 0.25) is 5.02 Å². The maximum absolute atomic E-state index is 12.6. The number of para-hydroxylation sites is 1. The summed E-state index contributed by atoms with van der Waals surface area (Å²) in [6.45, 7) is 3.84. The van der Waals surface area contributed by atoms with E-state index < -0.39 is 0 Å². The van der Waals surface area contributed by atoms with E-state index in [1.54, 1.807) is 18.0 Å².